The van der Waals surface area contributed by atoms with Gasteiger partial charge in [0.1, 0.15) is 12.3 Å². The van der Waals surface area contributed by atoms with Gasteiger partial charge in [0, 0.05) is 11.8 Å². The molecule has 1 aromatic rings. The molecule has 4 nitrogen and oxygen atoms in total. The van der Waals surface area contributed by atoms with E-state index in [-0.39, 0.29) is 0 Å². The van der Waals surface area contributed by atoms with Crippen molar-refractivity contribution in [3.63, 3.8) is 0 Å². The first-order valence-corrected chi connectivity index (χ1v) is 7.15. The van der Waals surface area contributed by atoms with Crippen molar-refractivity contribution in [2.45, 2.75) is 38.8 Å². The number of aromatic nitrogens is 1. The average molecular weight is 251 g/mol. The Bertz CT molecular complexity index is 429. The summed E-state index contributed by atoms with van der Waals surface area (Å²) in [7, 11) is 0. The summed E-state index contributed by atoms with van der Waals surface area (Å²) in [4.78, 5) is 8.70. The lowest BCUT2D eigenvalue weighted by Crippen LogP contribution is -2.41. The molecule has 0 amide bonds. The van der Waals surface area contributed by atoms with Crippen LogP contribution in [0.4, 0.5) is 0 Å². The molecule has 1 aliphatic heterocycles. The second kappa shape index (κ2) is 4.72. The number of thioether (sulfide) groups is 1. The maximum Gasteiger partial charge on any atom is 0.216 e. The van der Waals surface area contributed by atoms with E-state index in [0.29, 0.717) is 18.5 Å². The fourth-order valence-electron chi connectivity index (χ4n) is 2.52. The van der Waals surface area contributed by atoms with Crippen LogP contribution in [0.5, 0.6) is 0 Å². The molecule has 0 aromatic carbocycles. The van der Waals surface area contributed by atoms with Gasteiger partial charge in [-0.3, -0.25) is 4.99 Å². The van der Waals surface area contributed by atoms with Crippen LogP contribution in [0.25, 0.3) is 0 Å². The molecule has 1 aliphatic carbocycles. The largest absolute Gasteiger partial charge is 0.444 e. The summed E-state index contributed by atoms with van der Waals surface area (Å²) in [6, 6.07) is 0.654. The minimum Gasteiger partial charge on any atom is -0.444 e. The van der Waals surface area contributed by atoms with Crippen LogP contribution < -0.4 is 5.32 Å². The van der Waals surface area contributed by atoms with Gasteiger partial charge in [0.25, 0.3) is 0 Å². The fraction of sp³-hybridized carbons (Fsp3) is 0.667. The number of rotatable bonds is 2. The van der Waals surface area contributed by atoms with E-state index in [9.17, 15) is 0 Å². The molecule has 2 unspecified atom stereocenters. The van der Waals surface area contributed by atoms with Crippen molar-refractivity contribution in [3.05, 3.63) is 17.8 Å². The number of fused-ring (bicyclic) bond motifs is 1. The molecule has 0 spiro atoms. The van der Waals surface area contributed by atoms with Crippen LogP contribution in [0, 0.1) is 12.8 Å². The molecule has 1 saturated carbocycles. The minimum atomic E-state index is 0.542. The molecule has 5 heteroatoms. The second-order valence-corrected chi connectivity index (χ2v) is 5.75. The molecule has 2 atom stereocenters. The topological polar surface area (TPSA) is 50.4 Å². The van der Waals surface area contributed by atoms with Crippen LogP contribution in [0.3, 0.4) is 0 Å². The van der Waals surface area contributed by atoms with Crippen LogP contribution in [0.15, 0.2) is 15.6 Å². The van der Waals surface area contributed by atoms with Crippen LogP contribution >= 0.6 is 11.8 Å². The number of hydrogen-bond donors (Lipinski definition) is 1. The molecule has 2 heterocycles. The van der Waals surface area contributed by atoms with Gasteiger partial charge in [-0.1, -0.05) is 18.2 Å². The number of amidine groups is 1. The zero-order chi connectivity index (χ0) is 11.7. The Morgan fingerprint density at radius 3 is 3.35 bits per heavy atom. The van der Waals surface area contributed by atoms with E-state index in [1.165, 1.54) is 25.0 Å². The van der Waals surface area contributed by atoms with E-state index >= 15 is 0 Å². The number of nitrogens with one attached hydrogen (secondary N) is 1. The highest BCUT2D eigenvalue weighted by Gasteiger charge is 2.31. The summed E-state index contributed by atoms with van der Waals surface area (Å²) in [5.74, 6) is 3.61. The van der Waals surface area contributed by atoms with Crippen molar-refractivity contribution in [2.75, 3.05) is 5.75 Å². The molecule has 1 saturated heterocycles. The van der Waals surface area contributed by atoms with Gasteiger partial charge in [-0.2, -0.15) is 0 Å². The molecule has 0 radical (unpaired) electrons. The Balaban J connectivity index is 1.61. The quantitative estimate of drug-likeness (QED) is 0.876. The fourth-order valence-corrected chi connectivity index (χ4v) is 3.68. The lowest BCUT2D eigenvalue weighted by molar-refractivity contribution is 0.470. The molecule has 2 fully saturated rings. The maximum absolute atomic E-state index is 5.41. The van der Waals surface area contributed by atoms with E-state index < -0.39 is 0 Å². The Labute approximate surface area is 105 Å². The van der Waals surface area contributed by atoms with Gasteiger partial charge in [-0.05, 0) is 25.7 Å². The van der Waals surface area contributed by atoms with E-state index in [2.05, 4.69) is 15.3 Å². The minimum absolute atomic E-state index is 0.542. The Hall–Kier alpha value is -0.970. The zero-order valence-electron chi connectivity index (χ0n) is 9.98. The SMILES string of the molecule is Cc1cnc(CN=C2NC3CCCC3CS2)o1. The third-order valence-corrected chi connectivity index (χ3v) is 4.54. The summed E-state index contributed by atoms with van der Waals surface area (Å²) >= 11 is 1.84. The second-order valence-electron chi connectivity index (χ2n) is 4.74. The van der Waals surface area contributed by atoms with Gasteiger partial charge < -0.3 is 9.73 Å². The van der Waals surface area contributed by atoms with Crippen LogP contribution in [-0.2, 0) is 6.54 Å². The summed E-state index contributed by atoms with van der Waals surface area (Å²) in [6.45, 7) is 2.45. The van der Waals surface area contributed by atoms with Crippen molar-refractivity contribution in [1.82, 2.24) is 10.3 Å². The molecule has 17 heavy (non-hydrogen) atoms. The van der Waals surface area contributed by atoms with Crippen molar-refractivity contribution in [2.24, 2.45) is 10.9 Å². The van der Waals surface area contributed by atoms with Gasteiger partial charge >= 0.3 is 0 Å². The molecule has 1 aromatic heterocycles. The van der Waals surface area contributed by atoms with E-state index in [1.54, 1.807) is 6.20 Å². The number of nitrogens with zero attached hydrogens (tertiary/aromatic N) is 2. The smallest absolute Gasteiger partial charge is 0.216 e. The predicted molar refractivity (Wildman–Crippen MR) is 69.1 cm³/mol. The molecule has 0 bridgehead atoms. The first-order chi connectivity index (χ1) is 8.31. The molecule has 1 N–H and O–H groups in total. The van der Waals surface area contributed by atoms with Crippen LogP contribution in [-0.4, -0.2) is 21.9 Å². The zero-order valence-corrected chi connectivity index (χ0v) is 10.8. The Kier molecular flexibility index (Phi) is 3.09. The standard InChI is InChI=1S/C12H17N3OS/c1-8-5-13-11(16-8)6-14-12-15-10-4-2-3-9(10)7-17-12/h5,9-10H,2-4,6-7H2,1H3,(H,14,15). The highest BCUT2D eigenvalue weighted by Crippen LogP contribution is 2.32. The highest BCUT2D eigenvalue weighted by molar-refractivity contribution is 8.13. The number of aryl methyl sites for hydroxylation is 1. The number of oxazole rings is 1. The van der Waals surface area contributed by atoms with E-state index in [1.807, 2.05) is 18.7 Å². The lowest BCUT2D eigenvalue weighted by atomic mass is 10.1. The Morgan fingerprint density at radius 2 is 2.53 bits per heavy atom. The van der Waals surface area contributed by atoms with Crippen molar-refractivity contribution < 1.29 is 4.42 Å². The molecule has 92 valence electrons. The molecular formula is C12H17N3OS. The number of aliphatic imine (C=N–C) groups is 1. The average Bonchev–Trinajstić information content (AvgIpc) is 2.94. The summed E-state index contributed by atoms with van der Waals surface area (Å²) in [6.07, 6.45) is 5.76. The van der Waals surface area contributed by atoms with Gasteiger partial charge in [0.15, 0.2) is 5.17 Å². The van der Waals surface area contributed by atoms with E-state index in [0.717, 1.165) is 16.8 Å². The summed E-state index contributed by atoms with van der Waals surface area (Å²) < 4.78 is 5.41. The first kappa shape index (κ1) is 11.1. The maximum atomic E-state index is 5.41. The van der Waals surface area contributed by atoms with Gasteiger partial charge in [0.05, 0.1) is 6.20 Å². The predicted octanol–water partition coefficient (Wildman–Crippen LogP) is 2.34. The Morgan fingerprint density at radius 1 is 1.59 bits per heavy atom. The summed E-state index contributed by atoms with van der Waals surface area (Å²) in [5, 5.41) is 4.60. The van der Waals surface area contributed by atoms with Gasteiger partial charge in [-0.25, -0.2) is 4.98 Å². The van der Waals surface area contributed by atoms with Crippen LogP contribution in [0.1, 0.15) is 30.9 Å². The lowest BCUT2D eigenvalue weighted by Gasteiger charge is -2.27. The van der Waals surface area contributed by atoms with Crippen molar-refractivity contribution >= 4 is 16.9 Å². The first-order valence-electron chi connectivity index (χ1n) is 6.16. The van der Waals surface area contributed by atoms with Crippen molar-refractivity contribution in [3.8, 4) is 0 Å². The third-order valence-electron chi connectivity index (χ3n) is 3.43. The van der Waals surface area contributed by atoms with Crippen molar-refractivity contribution in [1.29, 1.82) is 0 Å². The molecular weight excluding hydrogens is 234 g/mol. The normalized spacial score (nSPS) is 30.3. The number of hydrogen-bond acceptors (Lipinski definition) is 4. The van der Waals surface area contributed by atoms with Gasteiger partial charge in [-0.15, -0.1) is 0 Å². The van der Waals surface area contributed by atoms with E-state index in [4.69, 9.17) is 4.42 Å². The third kappa shape index (κ3) is 2.49. The van der Waals surface area contributed by atoms with Crippen LogP contribution in [0.2, 0.25) is 0 Å². The summed E-state index contributed by atoms with van der Waals surface area (Å²) in [5.41, 5.74) is 0. The molecule has 2 aliphatic rings. The highest BCUT2D eigenvalue weighted by atomic mass is 32.2. The monoisotopic (exact) mass is 251 g/mol. The molecule has 3 rings (SSSR count). The van der Waals surface area contributed by atoms with Gasteiger partial charge in [0.2, 0.25) is 5.89 Å².